The lowest BCUT2D eigenvalue weighted by molar-refractivity contribution is 0.302. The Morgan fingerprint density at radius 2 is 1.88 bits per heavy atom. The number of nitrogens with zero attached hydrogens (tertiary/aromatic N) is 3. The predicted molar refractivity (Wildman–Crippen MR) is 99.9 cm³/mol. The van der Waals surface area contributed by atoms with E-state index in [9.17, 15) is 0 Å². The van der Waals surface area contributed by atoms with Gasteiger partial charge in [0.15, 0.2) is 11.5 Å². The molecule has 2 N–H and O–H groups in total. The molecule has 2 aromatic carbocycles. The van der Waals surface area contributed by atoms with Gasteiger partial charge < -0.3 is 20.1 Å². The van der Waals surface area contributed by atoms with E-state index < -0.39 is 0 Å². The van der Waals surface area contributed by atoms with Crippen molar-refractivity contribution in [3.05, 3.63) is 48.3 Å². The Bertz CT molecular complexity index is 882. The van der Waals surface area contributed by atoms with Gasteiger partial charge >= 0.3 is 0 Å². The van der Waals surface area contributed by atoms with Crippen molar-refractivity contribution in [2.45, 2.75) is 6.92 Å². The maximum Gasteiger partial charge on any atom is 0.163 e. The Morgan fingerprint density at radius 1 is 1.08 bits per heavy atom. The van der Waals surface area contributed by atoms with E-state index in [1.807, 2.05) is 61.3 Å². The van der Waals surface area contributed by atoms with Crippen molar-refractivity contribution < 1.29 is 9.47 Å². The number of aromatic nitrogens is 2. The van der Waals surface area contributed by atoms with E-state index in [4.69, 9.17) is 15.2 Å². The van der Waals surface area contributed by atoms with Crippen LogP contribution in [0.25, 0.3) is 10.9 Å². The standard InChI is InChI=1S/C19H22N4O2/c1-13-21-16-7-5-4-6-15(16)19(22-13)23(2)14-8-9-17(24-3)18(12-14)25-11-10-20/h4-9,12H,10-11,20H2,1-3H3. The summed E-state index contributed by atoms with van der Waals surface area (Å²) in [7, 11) is 3.60. The molecule has 3 aromatic rings. The molecule has 1 aromatic heterocycles. The van der Waals surface area contributed by atoms with Gasteiger partial charge in [0.25, 0.3) is 0 Å². The molecule has 0 saturated carbocycles. The van der Waals surface area contributed by atoms with Gasteiger partial charge in [0.05, 0.1) is 12.6 Å². The normalized spacial score (nSPS) is 10.7. The van der Waals surface area contributed by atoms with Crippen LogP contribution >= 0.6 is 0 Å². The zero-order valence-corrected chi connectivity index (χ0v) is 14.7. The molecular formula is C19H22N4O2. The van der Waals surface area contributed by atoms with Crippen LogP contribution in [0.5, 0.6) is 11.5 Å². The van der Waals surface area contributed by atoms with E-state index in [2.05, 4.69) is 9.97 Å². The number of anilines is 2. The summed E-state index contributed by atoms with van der Waals surface area (Å²) in [5, 5.41) is 0.996. The van der Waals surface area contributed by atoms with Crippen molar-refractivity contribution >= 4 is 22.4 Å². The van der Waals surface area contributed by atoms with E-state index in [1.165, 1.54) is 0 Å². The maximum absolute atomic E-state index is 5.71. The highest BCUT2D eigenvalue weighted by Crippen LogP contribution is 2.35. The van der Waals surface area contributed by atoms with Crippen LogP contribution in [-0.2, 0) is 0 Å². The zero-order chi connectivity index (χ0) is 17.8. The van der Waals surface area contributed by atoms with Crippen LogP contribution < -0.4 is 20.1 Å². The second kappa shape index (κ2) is 7.36. The molecule has 0 bridgehead atoms. The van der Waals surface area contributed by atoms with E-state index in [1.54, 1.807) is 7.11 Å². The van der Waals surface area contributed by atoms with Gasteiger partial charge in [0.1, 0.15) is 18.2 Å². The second-order valence-electron chi connectivity index (χ2n) is 5.64. The third-order valence-electron chi connectivity index (χ3n) is 3.92. The average Bonchev–Trinajstić information content (AvgIpc) is 2.64. The smallest absolute Gasteiger partial charge is 0.163 e. The van der Waals surface area contributed by atoms with Gasteiger partial charge in [-0.2, -0.15) is 0 Å². The summed E-state index contributed by atoms with van der Waals surface area (Å²) in [4.78, 5) is 11.2. The first kappa shape index (κ1) is 17.0. The molecule has 0 unspecified atom stereocenters. The first-order valence-corrected chi connectivity index (χ1v) is 8.12. The highest BCUT2D eigenvalue weighted by molar-refractivity contribution is 5.91. The monoisotopic (exact) mass is 338 g/mol. The van der Waals surface area contributed by atoms with Crippen molar-refractivity contribution in [1.29, 1.82) is 0 Å². The number of para-hydroxylation sites is 1. The van der Waals surface area contributed by atoms with Crippen molar-refractivity contribution in [2.24, 2.45) is 5.73 Å². The first-order valence-electron chi connectivity index (χ1n) is 8.12. The van der Waals surface area contributed by atoms with E-state index in [0.29, 0.717) is 24.7 Å². The molecule has 0 aliphatic rings. The molecule has 25 heavy (non-hydrogen) atoms. The number of nitrogens with two attached hydrogens (primary N) is 1. The summed E-state index contributed by atoms with van der Waals surface area (Å²) in [6.45, 7) is 2.77. The molecule has 0 saturated heterocycles. The summed E-state index contributed by atoms with van der Waals surface area (Å²) in [6.07, 6.45) is 0. The molecule has 0 radical (unpaired) electrons. The van der Waals surface area contributed by atoms with Crippen LogP contribution in [-0.4, -0.2) is 37.3 Å². The fraction of sp³-hybridized carbons (Fsp3) is 0.263. The van der Waals surface area contributed by atoms with E-state index in [-0.39, 0.29) is 0 Å². The number of hydrogen-bond donors (Lipinski definition) is 1. The quantitative estimate of drug-likeness (QED) is 0.745. The average molecular weight is 338 g/mol. The minimum atomic E-state index is 0.430. The van der Waals surface area contributed by atoms with Crippen LogP contribution in [0.2, 0.25) is 0 Å². The lowest BCUT2D eigenvalue weighted by atomic mass is 10.2. The van der Waals surface area contributed by atoms with Crippen LogP contribution in [0.15, 0.2) is 42.5 Å². The van der Waals surface area contributed by atoms with Gasteiger partial charge in [-0.1, -0.05) is 12.1 Å². The SMILES string of the molecule is COc1ccc(N(C)c2nc(C)nc3ccccc23)cc1OCCN. The number of benzene rings is 2. The van der Waals surface area contributed by atoms with Crippen molar-refractivity contribution in [1.82, 2.24) is 9.97 Å². The van der Waals surface area contributed by atoms with Crippen LogP contribution in [0.3, 0.4) is 0 Å². The Kier molecular flexibility index (Phi) is 5.00. The third kappa shape index (κ3) is 3.49. The topological polar surface area (TPSA) is 73.5 Å². The fourth-order valence-corrected chi connectivity index (χ4v) is 2.71. The molecule has 0 amide bonds. The fourth-order valence-electron chi connectivity index (χ4n) is 2.71. The van der Waals surface area contributed by atoms with E-state index >= 15 is 0 Å². The molecule has 6 nitrogen and oxygen atoms in total. The summed E-state index contributed by atoms with van der Waals surface area (Å²) in [6, 6.07) is 13.8. The van der Waals surface area contributed by atoms with Crippen LogP contribution in [0, 0.1) is 6.92 Å². The van der Waals surface area contributed by atoms with Crippen LogP contribution in [0.1, 0.15) is 5.82 Å². The zero-order valence-electron chi connectivity index (χ0n) is 14.7. The molecule has 1 heterocycles. The van der Waals surface area contributed by atoms with Crippen molar-refractivity contribution in [3.8, 4) is 11.5 Å². The summed E-state index contributed by atoms with van der Waals surface area (Å²) >= 11 is 0. The first-order chi connectivity index (χ1) is 12.1. The summed E-state index contributed by atoms with van der Waals surface area (Å²) < 4.78 is 11.1. The van der Waals surface area contributed by atoms with Gasteiger partial charge in [-0.25, -0.2) is 9.97 Å². The molecule has 0 atom stereocenters. The Hall–Kier alpha value is -2.86. The van der Waals surface area contributed by atoms with E-state index in [0.717, 1.165) is 28.2 Å². The van der Waals surface area contributed by atoms with Crippen molar-refractivity contribution in [3.63, 3.8) is 0 Å². The number of aryl methyl sites for hydroxylation is 1. The number of ether oxygens (including phenoxy) is 2. The molecule has 130 valence electrons. The number of hydrogen-bond acceptors (Lipinski definition) is 6. The van der Waals surface area contributed by atoms with Gasteiger partial charge in [-0.05, 0) is 31.2 Å². The molecule has 0 aliphatic carbocycles. The molecule has 0 spiro atoms. The molecule has 3 rings (SSSR count). The van der Waals surface area contributed by atoms with Gasteiger partial charge in [0.2, 0.25) is 0 Å². The van der Waals surface area contributed by atoms with Gasteiger partial charge in [0, 0.05) is 30.7 Å². The number of rotatable bonds is 6. The lowest BCUT2D eigenvalue weighted by Crippen LogP contribution is -2.14. The van der Waals surface area contributed by atoms with Gasteiger partial charge in [-0.15, -0.1) is 0 Å². The van der Waals surface area contributed by atoms with Crippen molar-refractivity contribution in [2.75, 3.05) is 32.2 Å². The minimum absolute atomic E-state index is 0.430. The largest absolute Gasteiger partial charge is 0.493 e. The highest BCUT2D eigenvalue weighted by atomic mass is 16.5. The lowest BCUT2D eigenvalue weighted by Gasteiger charge is -2.22. The molecule has 0 fully saturated rings. The molecular weight excluding hydrogens is 316 g/mol. The number of fused-ring (bicyclic) bond motifs is 1. The third-order valence-corrected chi connectivity index (χ3v) is 3.92. The predicted octanol–water partition coefficient (Wildman–Crippen LogP) is 3.05. The molecule has 0 aliphatic heterocycles. The Balaban J connectivity index is 2.05. The minimum Gasteiger partial charge on any atom is -0.493 e. The van der Waals surface area contributed by atoms with Gasteiger partial charge in [-0.3, -0.25) is 0 Å². The number of methoxy groups -OCH3 is 1. The maximum atomic E-state index is 5.71. The van der Waals surface area contributed by atoms with Crippen LogP contribution in [0.4, 0.5) is 11.5 Å². The summed E-state index contributed by atoms with van der Waals surface area (Å²) in [5.74, 6) is 2.91. The Labute approximate surface area is 147 Å². The second-order valence-corrected chi connectivity index (χ2v) is 5.64. The molecule has 6 heteroatoms. The highest BCUT2D eigenvalue weighted by Gasteiger charge is 2.14. The summed E-state index contributed by atoms with van der Waals surface area (Å²) in [5.41, 5.74) is 7.40. The Morgan fingerprint density at radius 3 is 2.64 bits per heavy atom.